The number of carbonyl (C=O) groups excluding carboxylic acids is 1. The first-order valence-electron chi connectivity index (χ1n) is 8.80. The average molecular weight is 399 g/mol. The molecule has 4 rings (SSSR count). The van der Waals surface area contributed by atoms with Crippen molar-refractivity contribution in [3.63, 3.8) is 0 Å². The Morgan fingerprint density at radius 2 is 2.07 bits per heavy atom. The molecule has 1 aromatic carbocycles. The second-order valence-electron chi connectivity index (χ2n) is 6.63. The van der Waals surface area contributed by atoms with Crippen molar-refractivity contribution in [1.82, 2.24) is 24.6 Å². The maximum Gasteiger partial charge on any atom is 0.411 e. The van der Waals surface area contributed by atoms with Crippen LogP contribution in [0, 0.1) is 13.8 Å². The van der Waals surface area contributed by atoms with Crippen molar-refractivity contribution in [2.75, 3.05) is 18.5 Å². The van der Waals surface area contributed by atoms with E-state index in [1.165, 1.54) is 0 Å². The monoisotopic (exact) mass is 398 g/mol. The van der Waals surface area contributed by atoms with Crippen molar-refractivity contribution < 1.29 is 9.53 Å². The summed E-state index contributed by atoms with van der Waals surface area (Å²) in [5.74, 6) is 0.488. The van der Waals surface area contributed by atoms with Gasteiger partial charge in [0.25, 0.3) is 0 Å². The molecule has 1 saturated heterocycles. The van der Waals surface area contributed by atoms with Gasteiger partial charge in [0.2, 0.25) is 5.95 Å². The quantitative estimate of drug-likeness (QED) is 0.704. The molecule has 144 valence electrons. The summed E-state index contributed by atoms with van der Waals surface area (Å²) in [5, 5.41) is 8.11. The molecule has 8 nitrogen and oxygen atoms in total. The number of aryl methyl sites for hydroxylation is 2. The molecule has 3 heterocycles. The molecule has 1 aliphatic rings. The summed E-state index contributed by atoms with van der Waals surface area (Å²) in [7, 11) is 0. The van der Waals surface area contributed by atoms with Crippen LogP contribution in [0.2, 0.25) is 5.02 Å². The Balaban J connectivity index is 1.55. The molecule has 0 bridgehead atoms. The third kappa shape index (κ3) is 3.91. The van der Waals surface area contributed by atoms with Gasteiger partial charge in [-0.1, -0.05) is 17.7 Å². The van der Waals surface area contributed by atoms with Crippen LogP contribution in [0.5, 0.6) is 0 Å². The predicted octanol–water partition coefficient (Wildman–Crippen LogP) is 3.76. The molecule has 0 unspecified atom stereocenters. The number of ether oxygens (including phenoxy) is 1. The average Bonchev–Trinajstić information content (AvgIpc) is 3.28. The van der Waals surface area contributed by atoms with Crippen LogP contribution >= 0.6 is 11.6 Å². The molecule has 2 aromatic heterocycles. The zero-order chi connectivity index (χ0) is 19.7. The molecule has 0 spiro atoms. The highest BCUT2D eigenvalue weighted by Gasteiger charge is 2.22. The number of anilines is 2. The van der Waals surface area contributed by atoms with E-state index in [4.69, 9.17) is 16.3 Å². The first-order chi connectivity index (χ1) is 13.5. The fourth-order valence-electron chi connectivity index (χ4n) is 2.98. The first-order valence-corrected chi connectivity index (χ1v) is 9.18. The topological polar surface area (TPSA) is 85.2 Å². The number of carbonyl (C=O) groups is 1. The number of hydrogen-bond acceptors (Lipinski definition) is 6. The summed E-state index contributed by atoms with van der Waals surface area (Å²) in [6.45, 7) is 5.22. The fraction of sp³-hybridized carbons (Fsp3) is 0.263. The molecule has 28 heavy (non-hydrogen) atoms. The summed E-state index contributed by atoms with van der Waals surface area (Å²) in [4.78, 5) is 21.8. The number of nitrogens with one attached hydrogen (secondary N) is 1. The van der Waals surface area contributed by atoms with E-state index in [9.17, 15) is 4.79 Å². The van der Waals surface area contributed by atoms with Crippen molar-refractivity contribution in [2.24, 2.45) is 0 Å². The Labute approximate surface area is 167 Å². The zero-order valence-corrected chi connectivity index (χ0v) is 16.3. The van der Waals surface area contributed by atoms with E-state index >= 15 is 0 Å². The number of rotatable bonds is 5. The number of cyclic esters (lactones) is 1. The largest absolute Gasteiger partial charge is 0.447 e. The van der Waals surface area contributed by atoms with Crippen LogP contribution < -0.4 is 5.32 Å². The van der Waals surface area contributed by atoms with Gasteiger partial charge in [-0.3, -0.25) is 9.58 Å². The van der Waals surface area contributed by atoms with Crippen LogP contribution in [-0.4, -0.2) is 43.9 Å². The van der Waals surface area contributed by atoms with Crippen molar-refractivity contribution in [3.8, 4) is 11.1 Å². The van der Waals surface area contributed by atoms with Gasteiger partial charge in [0, 0.05) is 17.4 Å². The van der Waals surface area contributed by atoms with Gasteiger partial charge in [0.05, 0.1) is 29.7 Å². The minimum absolute atomic E-state index is 0.308. The lowest BCUT2D eigenvalue weighted by molar-refractivity contribution is 0.150. The Kier molecular flexibility index (Phi) is 4.87. The SMILES string of the molecule is Cc1cc(Nc2ncc(Cl)c(C)n2)cc(-c2cnn(CN3CCOC3=O)c2)c1. The van der Waals surface area contributed by atoms with Crippen LogP contribution in [0.4, 0.5) is 16.4 Å². The van der Waals surface area contributed by atoms with Gasteiger partial charge >= 0.3 is 6.09 Å². The summed E-state index contributed by atoms with van der Waals surface area (Å²) < 4.78 is 6.68. The molecule has 1 N–H and O–H groups in total. The number of nitrogens with zero attached hydrogens (tertiary/aromatic N) is 5. The fourth-order valence-corrected chi connectivity index (χ4v) is 3.07. The van der Waals surface area contributed by atoms with Gasteiger partial charge in [0.15, 0.2) is 0 Å². The summed E-state index contributed by atoms with van der Waals surface area (Å²) in [5.41, 5.74) is 4.62. The van der Waals surface area contributed by atoms with Gasteiger partial charge < -0.3 is 10.1 Å². The highest BCUT2D eigenvalue weighted by Crippen LogP contribution is 2.26. The lowest BCUT2D eigenvalue weighted by atomic mass is 10.1. The molecular weight excluding hydrogens is 380 g/mol. The van der Waals surface area contributed by atoms with E-state index in [-0.39, 0.29) is 6.09 Å². The Morgan fingerprint density at radius 3 is 2.82 bits per heavy atom. The van der Waals surface area contributed by atoms with E-state index < -0.39 is 0 Å². The minimum Gasteiger partial charge on any atom is -0.447 e. The summed E-state index contributed by atoms with van der Waals surface area (Å²) >= 11 is 5.99. The molecule has 1 aliphatic heterocycles. The molecule has 9 heteroatoms. The number of benzene rings is 1. The van der Waals surface area contributed by atoms with Crippen LogP contribution in [-0.2, 0) is 11.4 Å². The van der Waals surface area contributed by atoms with Gasteiger partial charge in [0.1, 0.15) is 13.3 Å². The second-order valence-corrected chi connectivity index (χ2v) is 7.03. The number of hydrogen-bond donors (Lipinski definition) is 1. The lowest BCUT2D eigenvalue weighted by Gasteiger charge is -2.12. The lowest BCUT2D eigenvalue weighted by Crippen LogP contribution is -2.27. The highest BCUT2D eigenvalue weighted by atomic mass is 35.5. The van der Waals surface area contributed by atoms with Gasteiger partial charge in [-0.15, -0.1) is 0 Å². The van der Waals surface area contributed by atoms with E-state index in [0.29, 0.717) is 36.5 Å². The van der Waals surface area contributed by atoms with Gasteiger partial charge in [-0.2, -0.15) is 5.10 Å². The third-order valence-electron chi connectivity index (χ3n) is 4.38. The molecule has 3 aromatic rings. The van der Waals surface area contributed by atoms with Gasteiger partial charge in [-0.25, -0.2) is 14.8 Å². The minimum atomic E-state index is -0.308. The molecule has 0 radical (unpaired) electrons. The Hall–Kier alpha value is -3.13. The number of aromatic nitrogens is 4. The molecule has 1 fully saturated rings. The normalized spacial score (nSPS) is 13.7. The predicted molar refractivity (Wildman–Crippen MR) is 106 cm³/mol. The number of amides is 1. The molecule has 0 saturated carbocycles. The highest BCUT2D eigenvalue weighted by molar-refractivity contribution is 6.31. The zero-order valence-electron chi connectivity index (χ0n) is 15.5. The van der Waals surface area contributed by atoms with E-state index in [1.807, 2.05) is 32.2 Å². The van der Waals surface area contributed by atoms with Gasteiger partial charge in [-0.05, 0) is 37.1 Å². The molecular formula is C19H19ClN6O2. The van der Waals surface area contributed by atoms with Crippen molar-refractivity contribution in [3.05, 3.63) is 53.1 Å². The maximum absolute atomic E-state index is 11.6. The Morgan fingerprint density at radius 1 is 1.21 bits per heavy atom. The van der Waals surface area contributed by atoms with E-state index in [1.54, 1.807) is 22.0 Å². The smallest absolute Gasteiger partial charge is 0.411 e. The van der Waals surface area contributed by atoms with Crippen molar-refractivity contribution in [1.29, 1.82) is 0 Å². The molecule has 0 atom stereocenters. The molecule has 0 aliphatic carbocycles. The summed E-state index contributed by atoms with van der Waals surface area (Å²) in [6, 6.07) is 6.10. The van der Waals surface area contributed by atoms with Crippen LogP contribution in [0.25, 0.3) is 11.1 Å². The van der Waals surface area contributed by atoms with Crippen LogP contribution in [0.3, 0.4) is 0 Å². The van der Waals surface area contributed by atoms with Crippen LogP contribution in [0.1, 0.15) is 11.3 Å². The van der Waals surface area contributed by atoms with E-state index in [0.717, 1.165) is 22.4 Å². The Bertz CT molecular complexity index is 1040. The summed E-state index contributed by atoms with van der Waals surface area (Å²) in [6.07, 6.45) is 4.96. The van der Waals surface area contributed by atoms with Crippen molar-refractivity contribution in [2.45, 2.75) is 20.5 Å². The maximum atomic E-state index is 11.6. The third-order valence-corrected chi connectivity index (χ3v) is 4.75. The standard InChI is InChI=1S/C19H19ClN6O2/c1-12-5-14(7-16(6-12)24-18-21-9-17(20)13(2)23-18)15-8-22-26(10-15)11-25-3-4-28-19(25)27/h5-10H,3-4,11H2,1-2H3,(H,21,23,24). The van der Waals surface area contributed by atoms with Crippen LogP contribution in [0.15, 0.2) is 36.8 Å². The van der Waals surface area contributed by atoms with E-state index in [2.05, 4.69) is 26.4 Å². The molecule has 1 amide bonds. The van der Waals surface area contributed by atoms with Crippen molar-refractivity contribution >= 4 is 29.3 Å². The number of halogens is 1. The second kappa shape index (κ2) is 7.47. The first kappa shape index (κ1) is 18.2.